The molecule has 2 aromatic rings. The van der Waals surface area contributed by atoms with E-state index >= 15 is 0 Å². The minimum atomic E-state index is -0.288. The van der Waals surface area contributed by atoms with Crippen LogP contribution in [-0.2, 0) is 29.3 Å². The number of hydrogen-bond acceptors (Lipinski definition) is 5. The van der Waals surface area contributed by atoms with Crippen molar-refractivity contribution in [1.82, 2.24) is 19.7 Å². The lowest BCUT2D eigenvalue weighted by molar-refractivity contribution is -0.105. The van der Waals surface area contributed by atoms with Crippen molar-refractivity contribution >= 4 is 11.3 Å². The first-order chi connectivity index (χ1) is 10.8. The maximum absolute atomic E-state index is 6.09. The fourth-order valence-electron chi connectivity index (χ4n) is 2.90. The molecule has 5 nitrogen and oxygen atoms in total. The number of thiazole rings is 1. The highest BCUT2D eigenvalue weighted by Crippen LogP contribution is 2.31. The molecule has 1 aliphatic heterocycles. The van der Waals surface area contributed by atoms with E-state index in [9.17, 15) is 0 Å². The van der Waals surface area contributed by atoms with Gasteiger partial charge in [-0.05, 0) is 6.92 Å². The van der Waals surface area contributed by atoms with Gasteiger partial charge in [0.1, 0.15) is 5.60 Å². The summed E-state index contributed by atoms with van der Waals surface area (Å²) in [6.45, 7) is 12.3. The number of rotatable bonds is 3. The summed E-state index contributed by atoms with van der Waals surface area (Å²) in [5.74, 6) is 0. The Morgan fingerprint density at radius 1 is 1.35 bits per heavy atom. The topological polar surface area (TPSA) is 43.2 Å². The van der Waals surface area contributed by atoms with Crippen molar-refractivity contribution in [2.75, 3.05) is 19.7 Å². The van der Waals surface area contributed by atoms with Crippen molar-refractivity contribution in [3.63, 3.8) is 0 Å². The summed E-state index contributed by atoms with van der Waals surface area (Å²) < 4.78 is 7.92. The SMILES string of the molecule is Cn1cc([C@@]2(C)CN(Cc3cnc(C(C)(C)C)s3)CCO2)cn1. The smallest absolute Gasteiger partial charge is 0.106 e. The van der Waals surface area contributed by atoms with Gasteiger partial charge in [-0.15, -0.1) is 11.3 Å². The lowest BCUT2D eigenvalue weighted by Gasteiger charge is -2.39. The zero-order valence-corrected chi connectivity index (χ0v) is 15.5. The predicted octanol–water partition coefficient (Wildman–Crippen LogP) is 2.92. The molecule has 1 aliphatic rings. The fraction of sp³-hybridized carbons (Fsp3) is 0.647. The van der Waals surface area contributed by atoms with Crippen LogP contribution in [0.1, 0.15) is 43.1 Å². The van der Waals surface area contributed by atoms with Crippen molar-refractivity contribution in [2.45, 2.75) is 45.3 Å². The highest BCUT2D eigenvalue weighted by Gasteiger charge is 2.35. The molecule has 3 rings (SSSR count). The number of nitrogens with zero attached hydrogens (tertiary/aromatic N) is 4. The van der Waals surface area contributed by atoms with Crippen LogP contribution < -0.4 is 0 Å². The Morgan fingerprint density at radius 2 is 2.13 bits per heavy atom. The van der Waals surface area contributed by atoms with Gasteiger partial charge >= 0.3 is 0 Å². The Kier molecular flexibility index (Phi) is 4.33. The fourth-order valence-corrected chi connectivity index (χ4v) is 3.92. The monoisotopic (exact) mass is 334 g/mol. The number of morpholine rings is 1. The van der Waals surface area contributed by atoms with E-state index in [2.05, 4.69) is 42.7 Å². The van der Waals surface area contributed by atoms with Crippen LogP contribution >= 0.6 is 11.3 Å². The summed E-state index contributed by atoms with van der Waals surface area (Å²) in [4.78, 5) is 8.38. The van der Waals surface area contributed by atoms with Gasteiger partial charge in [-0.3, -0.25) is 9.58 Å². The van der Waals surface area contributed by atoms with Crippen LogP contribution in [0.3, 0.4) is 0 Å². The average molecular weight is 334 g/mol. The van der Waals surface area contributed by atoms with Gasteiger partial charge in [-0.25, -0.2) is 4.98 Å². The molecule has 126 valence electrons. The summed E-state index contributed by atoms with van der Waals surface area (Å²) in [5, 5.41) is 5.49. The lowest BCUT2D eigenvalue weighted by Crippen LogP contribution is -2.47. The first-order valence-corrected chi connectivity index (χ1v) is 8.88. The quantitative estimate of drug-likeness (QED) is 0.866. The van der Waals surface area contributed by atoms with Crippen molar-refractivity contribution in [2.24, 2.45) is 7.05 Å². The van der Waals surface area contributed by atoms with Crippen LogP contribution in [-0.4, -0.2) is 39.4 Å². The molecule has 0 amide bonds. The van der Waals surface area contributed by atoms with E-state index in [1.165, 1.54) is 9.88 Å². The number of aryl methyl sites for hydroxylation is 1. The van der Waals surface area contributed by atoms with Crippen LogP contribution in [0.25, 0.3) is 0 Å². The molecular formula is C17H26N4OS. The van der Waals surface area contributed by atoms with E-state index in [0.29, 0.717) is 0 Å². The van der Waals surface area contributed by atoms with E-state index in [0.717, 1.165) is 31.8 Å². The van der Waals surface area contributed by atoms with Crippen molar-refractivity contribution in [3.05, 3.63) is 34.0 Å². The molecule has 6 heteroatoms. The summed E-state index contributed by atoms with van der Waals surface area (Å²) in [5.41, 5.74) is 0.978. The summed E-state index contributed by atoms with van der Waals surface area (Å²) in [7, 11) is 1.94. The summed E-state index contributed by atoms with van der Waals surface area (Å²) in [6, 6.07) is 0. The summed E-state index contributed by atoms with van der Waals surface area (Å²) >= 11 is 1.82. The molecule has 1 atom stereocenters. The van der Waals surface area contributed by atoms with E-state index in [1.54, 1.807) is 0 Å². The molecule has 0 bridgehead atoms. The highest BCUT2D eigenvalue weighted by molar-refractivity contribution is 7.11. The highest BCUT2D eigenvalue weighted by atomic mass is 32.1. The molecule has 0 aliphatic carbocycles. The molecule has 3 heterocycles. The molecule has 2 aromatic heterocycles. The predicted molar refractivity (Wildman–Crippen MR) is 92.6 cm³/mol. The Morgan fingerprint density at radius 3 is 2.74 bits per heavy atom. The van der Waals surface area contributed by atoms with Gasteiger partial charge in [0.05, 0.1) is 17.8 Å². The van der Waals surface area contributed by atoms with Crippen LogP contribution in [0, 0.1) is 0 Å². The van der Waals surface area contributed by atoms with E-state index in [1.807, 2.05) is 41.7 Å². The largest absolute Gasteiger partial charge is 0.368 e. The minimum Gasteiger partial charge on any atom is -0.368 e. The number of ether oxygens (including phenoxy) is 1. The Labute approximate surface area is 142 Å². The maximum atomic E-state index is 6.09. The zero-order chi connectivity index (χ0) is 16.7. The van der Waals surface area contributed by atoms with Gasteiger partial charge in [0, 0.05) is 54.9 Å². The van der Waals surface area contributed by atoms with E-state index in [4.69, 9.17) is 4.74 Å². The zero-order valence-electron chi connectivity index (χ0n) is 14.7. The van der Waals surface area contributed by atoms with Crippen molar-refractivity contribution in [1.29, 1.82) is 0 Å². The average Bonchev–Trinajstić information content (AvgIpc) is 3.07. The van der Waals surface area contributed by atoms with Gasteiger partial charge in [0.15, 0.2) is 0 Å². The number of hydrogen-bond donors (Lipinski definition) is 0. The van der Waals surface area contributed by atoms with Gasteiger partial charge < -0.3 is 4.74 Å². The molecule has 23 heavy (non-hydrogen) atoms. The number of aromatic nitrogens is 3. The second-order valence-electron chi connectivity index (χ2n) is 7.57. The second-order valence-corrected chi connectivity index (χ2v) is 8.69. The van der Waals surface area contributed by atoms with Gasteiger partial charge in [0.2, 0.25) is 0 Å². The second kappa shape index (κ2) is 6.00. The minimum absolute atomic E-state index is 0.123. The Hall–Kier alpha value is -1.24. The van der Waals surface area contributed by atoms with Crippen LogP contribution in [0.4, 0.5) is 0 Å². The Bertz CT molecular complexity index is 672. The lowest BCUT2D eigenvalue weighted by atomic mass is 9.97. The standard InChI is InChI=1S/C17H26N4OS/c1-16(2,3)15-18-9-14(23-15)11-21-6-7-22-17(4,12-21)13-8-19-20(5)10-13/h8-10H,6-7,11-12H2,1-5H3/t17-/m1/s1. The van der Waals surface area contributed by atoms with Crippen LogP contribution in [0.15, 0.2) is 18.6 Å². The molecule has 0 aromatic carbocycles. The van der Waals surface area contributed by atoms with Gasteiger partial charge in [-0.1, -0.05) is 20.8 Å². The third kappa shape index (κ3) is 3.65. The van der Waals surface area contributed by atoms with Gasteiger partial charge in [-0.2, -0.15) is 5.10 Å². The Balaban J connectivity index is 1.70. The van der Waals surface area contributed by atoms with Crippen LogP contribution in [0.2, 0.25) is 0 Å². The molecule has 0 spiro atoms. The molecule has 0 unspecified atom stereocenters. The molecule has 1 fully saturated rings. The van der Waals surface area contributed by atoms with E-state index < -0.39 is 0 Å². The van der Waals surface area contributed by atoms with Crippen LogP contribution in [0.5, 0.6) is 0 Å². The molecular weight excluding hydrogens is 308 g/mol. The molecule has 1 saturated heterocycles. The van der Waals surface area contributed by atoms with E-state index in [-0.39, 0.29) is 11.0 Å². The van der Waals surface area contributed by atoms with Crippen molar-refractivity contribution < 1.29 is 4.74 Å². The third-order valence-electron chi connectivity index (χ3n) is 4.24. The van der Waals surface area contributed by atoms with Crippen molar-refractivity contribution in [3.8, 4) is 0 Å². The van der Waals surface area contributed by atoms with Gasteiger partial charge in [0.25, 0.3) is 0 Å². The maximum Gasteiger partial charge on any atom is 0.106 e. The summed E-state index contributed by atoms with van der Waals surface area (Å²) in [6.07, 6.45) is 5.99. The molecule has 0 radical (unpaired) electrons. The first kappa shape index (κ1) is 16.6. The molecule has 0 N–H and O–H groups in total. The molecule has 0 saturated carbocycles. The normalized spacial score (nSPS) is 23.3. The first-order valence-electron chi connectivity index (χ1n) is 8.07. The third-order valence-corrected chi connectivity index (χ3v) is 5.65.